The van der Waals surface area contributed by atoms with Gasteiger partial charge in [-0.1, -0.05) is 78.9 Å². The molecule has 1 aromatic heterocycles. The van der Waals surface area contributed by atoms with Crippen LogP contribution in [0.1, 0.15) is 41.3 Å². The van der Waals surface area contributed by atoms with E-state index >= 15 is 0 Å². The minimum absolute atomic E-state index is 0.0146. The van der Waals surface area contributed by atoms with E-state index in [1.807, 2.05) is 36.4 Å². The Morgan fingerprint density at radius 2 is 1.46 bits per heavy atom. The molecule has 5 nitrogen and oxygen atoms in total. The third-order valence-electron chi connectivity index (χ3n) is 8.48. The summed E-state index contributed by atoms with van der Waals surface area (Å²) < 4.78 is 13.0. The Morgan fingerprint density at radius 1 is 0.865 bits per heavy atom. The van der Waals surface area contributed by atoms with Crippen molar-refractivity contribution in [2.45, 2.75) is 43.6 Å². The number of likely N-dealkylation sites (tertiary alicyclic amines) is 1. The lowest BCUT2D eigenvalue weighted by molar-refractivity contribution is -0.0531. The molecular formula is C32H36N2O3. The van der Waals surface area contributed by atoms with Gasteiger partial charge in [0.2, 0.25) is 0 Å². The van der Waals surface area contributed by atoms with Crippen molar-refractivity contribution in [2.75, 3.05) is 26.8 Å². The molecule has 1 saturated heterocycles. The molecule has 0 radical (unpaired) electrons. The van der Waals surface area contributed by atoms with Gasteiger partial charge < -0.3 is 19.6 Å². The summed E-state index contributed by atoms with van der Waals surface area (Å²) >= 11 is 0. The Hall–Kier alpha value is -2.96. The molecule has 1 aliphatic heterocycles. The molecule has 2 N–H and O–H groups in total. The molecule has 2 heterocycles. The maximum Gasteiger partial charge on any atom is 0.0717 e. The second kappa shape index (κ2) is 10.4. The monoisotopic (exact) mass is 496 g/mol. The molecular weight excluding hydrogens is 460 g/mol. The van der Waals surface area contributed by atoms with Crippen LogP contribution < -0.4 is 0 Å². The number of hydrogen-bond acceptors (Lipinski definition) is 4. The molecule has 1 aliphatic carbocycles. The molecule has 0 saturated carbocycles. The van der Waals surface area contributed by atoms with Crippen LogP contribution in [-0.2, 0) is 28.1 Å². The molecule has 2 aliphatic rings. The smallest absolute Gasteiger partial charge is 0.0717 e. The van der Waals surface area contributed by atoms with Crippen molar-refractivity contribution in [3.8, 4) is 0 Å². The van der Waals surface area contributed by atoms with Crippen molar-refractivity contribution in [1.29, 1.82) is 0 Å². The standard InChI is InChI=1S/C32H36N2O3/c1-34-17-16-26-29(35)18-28(34)30-25-14-8-9-15-27(25)33-31(30)32(26,21-36-19-23-10-4-2-5-11-23)22-37-20-24-12-6-3-7-13-24/h2-15,26,28-29,33,35H,16-22H2,1H3. The summed E-state index contributed by atoms with van der Waals surface area (Å²) in [5.41, 5.74) is 5.41. The van der Waals surface area contributed by atoms with Crippen LogP contribution in [0.3, 0.4) is 0 Å². The average Bonchev–Trinajstić information content (AvgIpc) is 3.20. The first-order valence-corrected chi connectivity index (χ1v) is 13.4. The minimum atomic E-state index is -0.493. The fourth-order valence-corrected chi connectivity index (χ4v) is 6.59. The van der Waals surface area contributed by atoms with Gasteiger partial charge in [-0.25, -0.2) is 0 Å². The molecule has 3 atom stereocenters. The second-order valence-electron chi connectivity index (χ2n) is 10.8. The van der Waals surface area contributed by atoms with Gasteiger partial charge in [0.05, 0.1) is 37.9 Å². The first-order chi connectivity index (χ1) is 18.2. The summed E-state index contributed by atoms with van der Waals surface area (Å²) in [5.74, 6) is 0.0146. The molecule has 192 valence electrons. The summed E-state index contributed by atoms with van der Waals surface area (Å²) in [6.45, 7) is 2.96. The first-order valence-electron chi connectivity index (χ1n) is 13.4. The van der Waals surface area contributed by atoms with Crippen LogP contribution in [0.2, 0.25) is 0 Å². The number of nitrogens with zero attached hydrogens (tertiary/aromatic N) is 1. The van der Waals surface area contributed by atoms with Gasteiger partial charge in [0.25, 0.3) is 0 Å². The maximum absolute atomic E-state index is 11.7. The zero-order valence-corrected chi connectivity index (χ0v) is 21.5. The summed E-state index contributed by atoms with van der Waals surface area (Å²) in [7, 11) is 2.19. The lowest BCUT2D eigenvalue weighted by Crippen LogP contribution is -2.49. The number of rotatable bonds is 8. The van der Waals surface area contributed by atoms with E-state index < -0.39 is 11.5 Å². The lowest BCUT2D eigenvalue weighted by Gasteiger charge is -2.42. The highest BCUT2D eigenvalue weighted by molar-refractivity contribution is 5.86. The Labute approximate surface area is 219 Å². The van der Waals surface area contributed by atoms with Crippen molar-refractivity contribution in [1.82, 2.24) is 9.88 Å². The number of fused-ring (bicyclic) bond motifs is 7. The average molecular weight is 497 g/mol. The molecule has 2 bridgehead atoms. The van der Waals surface area contributed by atoms with Crippen molar-refractivity contribution in [3.05, 3.63) is 107 Å². The predicted octanol–water partition coefficient (Wildman–Crippen LogP) is 5.60. The molecule has 5 heteroatoms. The zero-order chi connectivity index (χ0) is 25.2. The number of ether oxygens (including phenoxy) is 2. The van der Waals surface area contributed by atoms with E-state index in [0.29, 0.717) is 26.4 Å². The van der Waals surface area contributed by atoms with E-state index in [1.165, 1.54) is 16.6 Å². The number of hydrogen-bond donors (Lipinski definition) is 2. The molecule has 3 unspecified atom stereocenters. The highest BCUT2D eigenvalue weighted by atomic mass is 16.5. The third-order valence-corrected chi connectivity index (χ3v) is 8.48. The molecule has 0 spiro atoms. The van der Waals surface area contributed by atoms with Gasteiger partial charge in [-0.05, 0) is 49.2 Å². The Balaban J connectivity index is 1.43. The van der Waals surface area contributed by atoms with Gasteiger partial charge in [0, 0.05) is 28.6 Å². The van der Waals surface area contributed by atoms with E-state index in [9.17, 15) is 5.11 Å². The van der Waals surface area contributed by atoms with Crippen molar-refractivity contribution < 1.29 is 14.6 Å². The molecule has 4 aromatic rings. The summed E-state index contributed by atoms with van der Waals surface area (Å²) in [4.78, 5) is 6.23. The Kier molecular flexibility index (Phi) is 6.87. The molecule has 6 rings (SSSR count). The van der Waals surface area contributed by atoms with Crippen LogP contribution in [0.4, 0.5) is 0 Å². The van der Waals surface area contributed by atoms with Crippen LogP contribution in [0.15, 0.2) is 84.9 Å². The van der Waals surface area contributed by atoms with E-state index in [4.69, 9.17) is 9.47 Å². The number of aliphatic hydroxyl groups is 1. The van der Waals surface area contributed by atoms with Crippen molar-refractivity contribution in [3.63, 3.8) is 0 Å². The van der Waals surface area contributed by atoms with Gasteiger partial charge in [-0.15, -0.1) is 0 Å². The molecule has 37 heavy (non-hydrogen) atoms. The van der Waals surface area contributed by atoms with Gasteiger partial charge >= 0.3 is 0 Å². The van der Waals surface area contributed by atoms with Crippen LogP contribution in [0.25, 0.3) is 10.9 Å². The van der Waals surface area contributed by atoms with E-state index in [2.05, 4.69) is 65.5 Å². The van der Waals surface area contributed by atoms with Gasteiger partial charge in [0.15, 0.2) is 0 Å². The Bertz CT molecular complexity index is 1270. The fraction of sp³-hybridized carbons (Fsp3) is 0.375. The van der Waals surface area contributed by atoms with Crippen LogP contribution in [0.5, 0.6) is 0 Å². The van der Waals surface area contributed by atoms with Crippen LogP contribution in [-0.4, -0.2) is 47.9 Å². The number of para-hydroxylation sites is 1. The quantitative estimate of drug-likeness (QED) is 0.334. The number of nitrogens with one attached hydrogen (secondary N) is 1. The van der Waals surface area contributed by atoms with Crippen LogP contribution in [0, 0.1) is 5.92 Å². The SMILES string of the molecule is CN1CCC2C(O)CC1c1c([nH]c3ccccc13)C2(COCc1ccccc1)COCc1ccccc1. The highest BCUT2D eigenvalue weighted by Crippen LogP contribution is 2.51. The number of H-pyrrole nitrogens is 1. The molecule has 1 fully saturated rings. The lowest BCUT2D eigenvalue weighted by atomic mass is 9.69. The normalized spacial score (nSPS) is 23.0. The van der Waals surface area contributed by atoms with Crippen molar-refractivity contribution >= 4 is 10.9 Å². The minimum Gasteiger partial charge on any atom is -0.393 e. The van der Waals surface area contributed by atoms with E-state index in [-0.39, 0.29) is 12.0 Å². The summed E-state index contributed by atoms with van der Waals surface area (Å²) in [5, 5.41) is 12.9. The van der Waals surface area contributed by atoms with Crippen molar-refractivity contribution in [2.24, 2.45) is 5.92 Å². The van der Waals surface area contributed by atoms with Gasteiger partial charge in [0.1, 0.15) is 0 Å². The maximum atomic E-state index is 11.7. The molecule has 0 amide bonds. The molecule has 3 aromatic carbocycles. The number of aliphatic hydroxyl groups excluding tert-OH is 1. The third kappa shape index (κ3) is 4.62. The van der Waals surface area contributed by atoms with Crippen LogP contribution >= 0.6 is 0 Å². The van der Waals surface area contributed by atoms with Gasteiger partial charge in [-0.2, -0.15) is 0 Å². The Morgan fingerprint density at radius 3 is 2.11 bits per heavy atom. The number of aromatic nitrogens is 1. The zero-order valence-electron chi connectivity index (χ0n) is 21.5. The summed E-state index contributed by atoms with van der Waals surface area (Å²) in [6, 6.07) is 29.3. The number of benzene rings is 3. The number of aromatic amines is 1. The highest BCUT2D eigenvalue weighted by Gasteiger charge is 2.52. The fourth-order valence-electron chi connectivity index (χ4n) is 6.59. The topological polar surface area (TPSA) is 57.7 Å². The second-order valence-corrected chi connectivity index (χ2v) is 10.8. The van der Waals surface area contributed by atoms with E-state index in [0.717, 1.165) is 36.0 Å². The van der Waals surface area contributed by atoms with Gasteiger partial charge in [-0.3, -0.25) is 4.90 Å². The largest absolute Gasteiger partial charge is 0.393 e. The predicted molar refractivity (Wildman–Crippen MR) is 146 cm³/mol. The summed E-state index contributed by atoms with van der Waals surface area (Å²) in [6.07, 6.45) is 1.18. The van der Waals surface area contributed by atoms with E-state index in [1.54, 1.807) is 0 Å². The first kappa shape index (κ1) is 24.4.